The van der Waals surface area contributed by atoms with E-state index in [0.717, 1.165) is 25.5 Å². The van der Waals surface area contributed by atoms with E-state index in [0.29, 0.717) is 12.5 Å². The minimum atomic E-state index is -0.108. The van der Waals surface area contributed by atoms with Crippen LogP contribution in [0.1, 0.15) is 45.4 Å². The molecule has 144 valence electrons. The molecule has 2 fully saturated rings. The maximum Gasteiger partial charge on any atom is 0.310 e. The zero-order chi connectivity index (χ0) is 18.1. The Morgan fingerprint density at radius 2 is 1.92 bits per heavy atom. The van der Waals surface area contributed by atoms with Crippen molar-refractivity contribution in [2.45, 2.75) is 45.4 Å². The van der Waals surface area contributed by atoms with Crippen molar-refractivity contribution in [1.82, 2.24) is 15.1 Å². The van der Waals surface area contributed by atoms with Gasteiger partial charge in [0.15, 0.2) is 5.96 Å². The molecular weight excluding hydrogens is 316 g/mol. The number of rotatable bonds is 7. The summed E-state index contributed by atoms with van der Waals surface area (Å²) in [6.07, 6.45) is 7.85. The lowest BCUT2D eigenvalue weighted by molar-refractivity contribution is -0.145. The molecule has 2 saturated heterocycles. The molecule has 2 heterocycles. The second-order valence-corrected chi connectivity index (χ2v) is 7.45. The number of nitrogens with zero attached hydrogens (tertiary/aromatic N) is 3. The van der Waals surface area contributed by atoms with Crippen molar-refractivity contribution in [3.05, 3.63) is 0 Å². The molecule has 2 unspecified atom stereocenters. The zero-order valence-corrected chi connectivity index (χ0v) is 16.3. The van der Waals surface area contributed by atoms with Gasteiger partial charge >= 0.3 is 5.97 Å². The second kappa shape index (κ2) is 10.6. The molecule has 2 atom stereocenters. The highest BCUT2D eigenvalue weighted by Crippen LogP contribution is 2.24. The molecule has 0 aliphatic carbocycles. The molecule has 0 amide bonds. The van der Waals surface area contributed by atoms with Gasteiger partial charge in [-0.05, 0) is 51.2 Å². The molecule has 0 aromatic carbocycles. The van der Waals surface area contributed by atoms with Crippen LogP contribution in [0.25, 0.3) is 0 Å². The third-order valence-electron chi connectivity index (χ3n) is 5.51. The average molecular weight is 353 g/mol. The van der Waals surface area contributed by atoms with Gasteiger partial charge in [0, 0.05) is 26.7 Å². The Morgan fingerprint density at radius 3 is 2.60 bits per heavy atom. The van der Waals surface area contributed by atoms with Gasteiger partial charge in [0.2, 0.25) is 0 Å². The Balaban J connectivity index is 1.61. The molecule has 2 aliphatic rings. The molecule has 2 aliphatic heterocycles. The predicted octanol–water partition coefficient (Wildman–Crippen LogP) is 1.96. The van der Waals surface area contributed by atoms with Crippen LogP contribution >= 0.6 is 0 Å². The Bertz CT molecular complexity index is 435. The van der Waals surface area contributed by atoms with Crippen LogP contribution in [0.3, 0.4) is 0 Å². The van der Waals surface area contributed by atoms with Crippen molar-refractivity contribution in [2.24, 2.45) is 16.8 Å². The van der Waals surface area contributed by atoms with Crippen LogP contribution in [0.4, 0.5) is 0 Å². The maximum atomic E-state index is 11.8. The Morgan fingerprint density at radius 1 is 1.16 bits per heavy atom. The first-order chi connectivity index (χ1) is 12.2. The number of likely N-dealkylation sites (tertiary alicyclic amines) is 2. The Hall–Kier alpha value is -1.30. The van der Waals surface area contributed by atoms with Crippen molar-refractivity contribution in [3.8, 4) is 0 Å². The third kappa shape index (κ3) is 6.17. The number of hydrogen-bond donors (Lipinski definition) is 1. The van der Waals surface area contributed by atoms with Crippen molar-refractivity contribution >= 4 is 11.9 Å². The summed E-state index contributed by atoms with van der Waals surface area (Å²) in [5.41, 5.74) is 0. The number of methoxy groups -OCH3 is 1. The molecule has 25 heavy (non-hydrogen) atoms. The van der Waals surface area contributed by atoms with Crippen LogP contribution < -0.4 is 5.32 Å². The number of aliphatic imine (C=N–C) groups is 1. The van der Waals surface area contributed by atoms with Gasteiger partial charge in [-0.25, -0.2) is 0 Å². The van der Waals surface area contributed by atoms with E-state index < -0.39 is 0 Å². The number of ether oxygens (including phenoxy) is 1. The van der Waals surface area contributed by atoms with Gasteiger partial charge in [0.1, 0.15) is 0 Å². The van der Waals surface area contributed by atoms with Gasteiger partial charge in [0.25, 0.3) is 0 Å². The van der Waals surface area contributed by atoms with Crippen LogP contribution in [0.15, 0.2) is 4.99 Å². The van der Waals surface area contributed by atoms with Crippen LogP contribution in [-0.4, -0.2) is 75.2 Å². The monoisotopic (exact) mass is 352 g/mol. The van der Waals surface area contributed by atoms with Gasteiger partial charge in [-0.1, -0.05) is 19.8 Å². The van der Waals surface area contributed by atoms with E-state index in [1.54, 1.807) is 0 Å². The normalized spacial score (nSPS) is 25.2. The second-order valence-electron chi connectivity index (χ2n) is 7.45. The van der Waals surface area contributed by atoms with E-state index in [2.05, 4.69) is 27.0 Å². The lowest BCUT2D eigenvalue weighted by Gasteiger charge is -2.26. The first-order valence-corrected chi connectivity index (χ1v) is 9.91. The molecule has 0 saturated carbocycles. The summed E-state index contributed by atoms with van der Waals surface area (Å²) in [5, 5.41) is 3.46. The largest absolute Gasteiger partial charge is 0.469 e. The van der Waals surface area contributed by atoms with E-state index in [1.165, 1.54) is 58.8 Å². The first kappa shape index (κ1) is 20.0. The molecule has 2 rings (SSSR count). The van der Waals surface area contributed by atoms with Gasteiger partial charge in [-0.2, -0.15) is 0 Å². The van der Waals surface area contributed by atoms with Crippen molar-refractivity contribution in [1.29, 1.82) is 0 Å². The minimum Gasteiger partial charge on any atom is -0.469 e. The van der Waals surface area contributed by atoms with E-state index >= 15 is 0 Å². The molecular formula is C19H36N4O2. The molecule has 6 nitrogen and oxygen atoms in total. The number of carbonyl (C=O) groups excluding carboxylic acids is 1. The predicted molar refractivity (Wildman–Crippen MR) is 102 cm³/mol. The van der Waals surface area contributed by atoms with E-state index in [-0.39, 0.29) is 11.9 Å². The summed E-state index contributed by atoms with van der Waals surface area (Å²) in [7, 11) is 3.28. The molecule has 0 aromatic heterocycles. The zero-order valence-electron chi connectivity index (χ0n) is 16.3. The summed E-state index contributed by atoms with van der Waals surface area (Å²) in [4.78, 5) is 21.0. The average Bonchev–Trinajstić information content (AvgIpc) is 3.03. The summed E-state index contributed by atoms with van der Waals surface area (Å²) in [5.74, 6) is 1.06. The molecule has 1 N–H and O–H groups in total. The summed E-state index contributed by atoms with van der Waals surface area (Å²) < 4.78 is 4.91. The smallest absolute Gasteiger partial charge is 0.310 e. The summed E-state index contributed by atoms with van der Waals surface area (Å²) in [6.45, 7) is 8.44. The molecule has 0 radical (unpaired) electrons. The van der Waals surface area contributed by atoms with Crippen molar-refractivity contribution < 1.29 is 9.53 Å². The lowest BCUT2D eigenvalue weighted by atomic mass is 9.99. The standard InChI is InChI=1S/C19H36N4O2/c1-16-14-23(15-17(16)18(24)25-3)19(20-2)21-10-6-4-7-11-22-12-8-5-9-13-22/h16-17H,4-15H2,1-3H3,(H,20,21). The molecule has 0 bridgehead atoms. The Kier molecular flexibility index (Phi) is 8.52. The van der Waals surface area contributed by atoms with Gasteiger partial charge in [-0.3, -0.25) is 9.79 Å². The fourth-order valence-corrected chi connectivity index (χ4v) is 3.95. The molecule has 0 aromatic rings. The van der Waals surface area contributed by atoms with Crippen LogP contribution in [0.2, 0.25) is 0 Å². The van der Waals surface area contributed by atoms with E-state index in [9.17, 15) is 4.79 Å². The van der Waals surface area contributed by atoms with Crippen LogP contribution in [-0.2, 0) is 9.53 Å². The number of carbonyl (C=O) groups is 1. The van der Waals surface area contributed by atoms with Crippen molar-refractivity contribution in [3.63, 3.8) is 0 Å². The third-order valence-corrected chi connectivity index (χ3v) is 5.51. The number of unbranched alkanes of at least 4 members (excludes halogenated alkanes) is 2. The van der Waals surface area contributed by atoms with Crippen LogP contribution in [0, 0.1) is 11.8 Å². The SMILES string of the molecule is CN=C(NCCCCCN1CCCCC1)N1CC(C)C(C(=O)OC)C1. The van der Waals surface area contributed by atoms with E-state index in [4.69, 9.17) is 4.74 Å². The topological polar surface area (TPSA) is 57.2 Å². The number of hydrogen-bond acceptors (Lipinski definition) is 4. The van der Waals surface area contributed by atoms with Crippen molar-refractivity contribution in [2.75, 3.05) is 53.4 Å². The molecule has 6 heteroatoms. The van der Waals surface area contributed by atoms with E-state index in [1.807, 2.05) is 7.05 Å². The highest BCUT2D eigenvalue weighted by molar-refractivity contribution is 5.82. The highest BCUT2D eigenvalue weighted by atomic mass is 16.5. The van der Waals surface area contributed by atoms with Crippen LogP contribution in [0.5, 0.6) is 0 Å². The number of nitrogens with one attached hydrogen (secondary N) is 1. The Labute approximate surface area is 153 Å². The summed E-state index contributed by atoms with van der Waals surface area (Å²) in [6, 6.07) is 0. The maximum absolute atomic E-state index is 11.8. The van der Waals surface area contributed by atoms with Gasteiger partial charge in [0.05, 0.1) is 13.0 Å². The number of esters is 1. The fourth-order valence-electron chi connectivity index (χ4n) is 3.95. The first-order valence-electron chi connectivity index (χ1n) is 9.91. The van der Waals surface area contributed by atoms with Gasteiger partial charge in [-0.15, -0.1) is 0 Å². The molecule has 0 spiro atoms. The highest BCUT2D eigenvalue weighted by Gasteiger charge is 2.36. The fraction of sp³-hybridized carbons (Fsp3) is 0.895. The summed E-state index contributed by atoms with van der Waals surface area (Å²) >= 11 is 0. The van der Waals surface area contributed by atoms with Gasteiger partial charge < -0.3 is 19.9 Å². The number of piperidine rings is 1. The minimum absolute atomic E-state index is 0.0481. The number of guanidine groups is 1. The lowest BCUT2D eigenvalue weighted by Crippen LogP contribution is -2.41. The quantitative estimate of drug-likeness (QED) is 0.328.